The van der Waals surface area contributed by atoms with Crippen LogP contribution in [0.1, 0.15) is 36.6 Å². The molecule has 1 heterocycles. The maximum atomic E-state index is 12.9. The topological polar surface area (TPSA) is 95.5 Å². The zero-order chi connectivity index (χ0) is 16.6. The lowest BCUT2D eigenvalue weighted by atomic mass is 10.0. The molecule has 0 spiro atoms. The van der Waals surface area contributed by atoms with Crippen LogP contribution >= 0.6 is 0 Å². The van der Waals surface area contributed by atoms with Crippen molar-refractivity contribution in [2.45, 2.75) is 6.54 Å². The van der Waals surface area contributed by atoms with E-state index >= 15 is 0 Å². The third-order valence-electron chi connectivity index (χ3n) is 3.55. The van der Waals surface area contributed by atoms with E-state index in [2.05, 4.69) is 10.6 Å². The van der Waals surface area contributed by atoms with E-state index in [1.54, 1.807) is 0 Å². The number of rotatable bonds is 3. The van der Waals surface area contributed by atoms with Crippen molar-refractivity contribution in [1.29, 1.82) is 0 Å². The molecule has 0 radical (unpaired) electrons. The Labute approximate surface area is 129 Å². The molecule has 116 valence electrons. The normalized spacial score (nSPS) is 12.5. The molecule has 2 aromatic carbocycles. The first kappa shape index (κ1) is 14.7. The molecule has 1 aliphatic rings. The number of anilines is 1. The van der Waals surface area contributed by atoms with E-state index in [1.807, 2.05) is 0 Å². The second-order valence-corrected chi connectivity index (χ2v) is 4.96. The van der Waals surface area contributed by atoms with Crippen LogP contribution in [0.5, 0.6) is 0 Å². The molecule has 2 amide bonds. The maximum Gasteiger partial charge on any atom is 0.336 e. The molecule has 2 aromatic rings. The molecule has 0 aliphatic carbocycles. The average Bonchev–Trinajstić information content (AvgIpc) is 2.90. The average molecular weight is 314 g/mol. The molecule has 0 bridgehead atoms. The SMILES string of the molecule is O=C(Nc1ccc(C(=O)O)c2c1C(=O)NC2)c1ccc(F)cc1. The summed E-state index contributed by atoms with van der Waals surface area (Å²) in [5, 5.41) is 14.2. The van der Waals surface area contributed by atoms with Crippen molar-refractivity contribution in [2.24, 2.45) is 0 Å². The summed E-state index contributed by atoms with van der Waals surface area (Å²) in [6.45, 7) is 0.0933. The molecule has 1 aliphatic heterocycles. The molecule has 0 fully saturated rings. The van der Waals surface area contributed by atoms with Crippen molar-refractivity contribution >= 4 is 23.5 Å². The van der Waals surface area contributed by atoms with Gasteiger partial charge >= 0.3 is 5.97 Å². The second-order valence-electron chi connectivity index (χ2n) is 4.96. The summed E-state index contributed by atoms with van der Waals surface area (Å²) in [4.78, 5) is 35.3. The molecule has 3 N–H and O–H groups in total. The molecule has 0 aromatic heterocycles. The van der Waals surface area contributed by atoms with Crippen molar-refractivity contribution in [3.63, 3.8) is 0 Å². The lowest BCUT2D eigenvalue weighted by Gasteiger charge is -2.10. The number of carbonyl (C=O) groups excluding carboxylic acids is 2. The van der Waals surface area contributed by atoms with Gasteiger partial charge in [-0.05, 0) is 36.4 Å². The molecule has 3 rings (SSSR count). The summed E-state index contributed by atoms with van der Waals surface area (Å²) in [6, 6.07) is 7.64. The van der Waals surface area contributed by atoms with Crippen LogP contribution in [0, 0.1) is 5.82 Å². The van der Waals surface area contributed by atoms with E-state index in [0.29, 0.717) is 5.56 Å². The molecule has 7 heteroatoms. The molecule has 6 nitrogen and oxygen atoms in total. The first-order valence-electron chi connectivity index (χ1n) is 6.71. The van der Waals surface area contributed by atoms with Gasteiger partial charge in [0.25, 0.3) is 11.8 Å². The highest BCUT2D eigenvalue weighted by Crippen LogP contribution is 2.28. The van der Waals surface area contributed by atoms with Crippen molar-refractivity contribution in [3.8, 4) is 0 Å². The fraction of sp³-hybridized carbons (Fsp3) is 0.0625. The van der Waals surface area contributed by atoms with Crippen LogP contribution < -0.4 is 10.6 Å². The molecule has 0 saturated carbocycles. The minimum Gasteiger partial charge on any atom is -0.478 e. The highest BCUT2D eigenvalue weighted by atomic mass is 19.1. The number of carboxylic acid groups (broad SMARTS) is 1. The fourth-order valence-corrected chi connectivity index (χ4v) is 2.45. The Kier molecular flexibility index (Phi) is 3.53. The summed E-state index contributed by atoms with van der Waals surface area (Å²) < 4.78 is 12.9. The molecule has 0 saturated heterocycles. The zero-order valence-corrected chi connectivity index (χ0v) is 11.7. The standard InChI is InChI=1S/C16H11FN2O4/c17-9-3-1-8(2-4-9)14(20)19-12-6-5-10(16(22)23)11-7-18-15(21)13(11)12/h1-6H,7H2,(H,18,21)(H,19,20)(H,22,23). The van der Waals surface area contributed by atoms with E-state index in [-0.39, 0.29) is 28.9 Å². The van der Waals surface area contributed by atoms with Gasteiger partial charge in [-0.3, -0.25) is 9.59 Å². The minimum absolute atomic E-state index is 0.0122. The predicted molar refractivity (Wildman–Crippen MR) is 78.9 cm³/mol. The van der Waals surface area contributed by atoms with E-state index < -0.39 is 23.6 Å². The van der Waals surface area contributed by atoms with E-state index in [4.69, 9.17) is 5.11 Å². The highest BCUT2D eigenvalue weighted by Gasteiger charge is 2.28. The first-order valence-corrected chi connectivity index (χ1v) is 6.71. The Balaban J connectivity index is 1.96. The van der Waals surface area contributed by atoms with E-state index in [9.17, 15) is 18.8 Å². The number of carboxylic acids is 1. The summed E-state index contributed by atoms with van der Waals surface area (Å²) in [5.41, 5.74) is 0.924. The van der Waals surface area contributed by atoms with Gasteiger partial charge in [-0.1, -0.05) is 0 Å². The number of amides is 2. The number of carbonyl (C=O) groups is 3. The summed E-state index contributed by atoms with van der Waals surface area (Å²) in [5.74, 6) is -2.57. The van der Waals surface area contributed by atoms with Gasteiger partial charge in [0, 0.05) is 17.7 Å². The van der Waals surface area contributed by atoms with Crippen molar-refractivity contribution < 1.29 is 23.9 Å². The molecule has 0 unspecified atom stereocenters. The molecule has 23 heavy (non-hydrogen) atoms. The van der Waals surface area contributed by atoms with Gasteiger partial charge in [-0.25, -0.2) is 9.18 Å². The number of hydrogen-bond donors (Lipinski definition) is 3. The van der Waals surface area contributed by atoms with Crippen molar-refractivity contribution in [3.05, 3.63) is 64.5 Å². The number of nitrogens with one attached hydrogen (secondary N) is 2. The molecular weight excluding hydrogens is 303 g/mol. The third-order valence-corrected chi connectivity index (χ3v) is 3.55. The summed E-state index contributed by atoms with van der Waals surface area (Å²) in [7, 11) is 0. The van der Waals surface area contributed by atoms with Crippen LogP contribution in [0.15, 0.2) is 36.4 Å². The predicted octanol–water partition coefficient (Wildman–Crippen LogP) is 2.02. The van der Waals surface area contributed by atoms with Crippen LogP contribution in [-0.2, 0) is 6.54 Å². The number of hydrogen-bond acceptors (Lipinski definition) is 3. The Hall–Kier alpha value is -3.22. The lowest BCUT2D eigenvalue weighted by Crippen LogP contribution is -2.17. The minimum atomic E-state index is -1.14. The van der Waals surface area contributed by atoms with E-state index in [0.717, 1.165) is 12.1 Å². The van der Waals surface area contributed by atoms with Crippen LogP contribution in [0.25, 0.3) is 0 Å². The number of halogens is 1. The van der Waals surface area contributed by atoms with Crippen molar-refractivity contribution in [1.82, 2.24) is 5.32 Å². The zero-order valence-electron chi connectivity index (χ0n) is 11.7. The first-order chi connectivity index (χ1) is 11.0. The Morgan fingerprint density at radius 3 is 2.48 bits per heavy atom. The van der Waals surface area contributed by atoms with E-state index in [1.165, 1.54) is 24.3 Å². The van der Waals surface area contributed by atoms with Gasteiger partial charge in [0.05, 0.1) is 16.8 Å². The van der Waals surface area contributed by atoms with Gasteiger partial charge in [0.15, 0.2) is 0 Å². The number of benzene rings is 2. The summed E-state index contributed by atoms with van der Waals surface area (Å²) >= 11 is 0. The second kappa shape index (κ2) is 5.53. The molecule has 0 atom stereocenters. The Morgan fingerprint density at radius 2 is 1.83 bits per heavy atom. The van der Waals surface area contributed by atoms with Gasteiger partial charge in [0.2, 0.25) is 0 Å². The smallest absolute Gasteiger partial charge is 0.336 e. The van der Waals surface area contributed by atoms with Gasteiger partial charge in [-0.15, -0.1) is 0 Å². The third kappa shape index (κ3) is 2.64. The number of fused-ring (bicyclic) bond motifs is 1. The van der Waals surface area contributed by atoms with Crippen LogP contribution in [0.4, 0.5) is 10.1 Å². The van der Waals surface area contributed by atoms with Gasteiger partial charge < -0.3 is 15.7 Å². The summed E-state index contributed by atoms with van der Waals surface area (Å²) in [6.07, 6.45) is 0. The lowest BCUT2D eigenvalue weighted by molar-refractivity contribution is 0.0695. The van der Waals surface area contributed by atoms with Crippen LogP contribution in [0.3, 0.4) is 0 Å². The highest BCUT2D eigenvalue weighted by molar-refractivity contribution is 6.12. The fourth-order valence-electron chi connectivity index (χ4n) is 2.45. The van der Waals surface area contributed by atoms with Crippen LogP contribution in [0.2, 0.25) is 0 Å². The quantitative estimate of drug-likeness (QED) is 0.807. The monoisotopic (exact) mass is 314 g/mol. The van der Waals surface area contributed by atoms with Gasteiger partial charge in [0.1, 0.15) is 5.82 Å². The Bertz CT molecular complexity index is 831. The van der Waals surface area contributed by atoms with Gasteiger partial charge in [-0.2, -0.15) is 0 Å². The number of aromatic carboxylic acids is 1. The van der Waals surface area contributed by atoms with Crippen molar-refractivity contribution in [2.75, 3.05) is 5.32 Å². The molecular formula is C16H11FN2O4. The maximum absolute atomic E-state index is 12.9. The Morgan fingerprint density at radius 1 is 1.13 bits per heavy atom. The van der Waals surface area contributed by atoms with Crippen LogP contribution in [-0.4, -0.2) is 22.9 Å². The largest absolute Gasteiger partial charge is 0.478 e.